The second-order valence-electron chi connectivity index (χ2n) is 4.91. The van der Waals surface area contributed by atoms with E-state index in [0.29, 0.717) is 0 Å². The van der Waals surface area contributed by atoms with Gasteiger partial charge in [-0.1, -0.05) is 0 Å². The molecule has 0 aliphatic carbocycles. The van der Waals surface area contributed by atoms with E-state index in [1.165, 1.54) is 0 Å². The average Bonchev–Trinajstić information content (AvgIpc) is 2.85. The fourth-order valence-corrected chi connectivity index (χ4v) is 1.54. The fourth-order valence-electron chi connectivity index (χ4n) is 1.54. The number of benzene rings is 1. The summed E-state index contributed by atoms with van der Waals surface area (Å²) >= 11 is 0. The van der Waals surface area contributed by atoms with Crippen LogP contribution in [0.2, 0.25) is 0 Å². The van der Waals surface area contributed by atoms with Gasteiger partial charge in [0, 0.05) is 0 Å². The second kappa shape index (κ2) is 14.5. The Balaban J connectivity index is -0.000000397. The maximum Gasteiger partial charge on any atom is 2.00 e. The molecule has 1 aromatic rings. The maximum atomic E-state index is 10.7. The van der Waals surface area contributed by atoms with Crippen LogP contribution in [0.5, 0.6) is 17.2 Å². The number of phosphoric acid groups is 1. The summed E-state index contributed by atoms with van der Waals surface area (Å²) in [6.07, 6.45) is -2.78. The minimum atomic E-state index is -5.39. The third kappa shape index (κ3) is 12.2. The van der Waals surface area contributed by atoms with Crippen molar-refractivity contribution in [1.29, 1.82) is 0 Å². The molecule has 2 atom stereocenters. The molecule has 1 aromatic carbocycles. The Morgan fingerprint density at radius 2 is 1.48 bits per heavy atom. The number of carboxylic acid groups (broad SMARTS) is 1. The van der Waals surface area contributed by atoms with Gasteiger partial charge in [0.05, 0.1) is 12.2 Å². The van der Waals surface area contributed by atoms with Gasteiger partial charge in [-0.15, -0.1) is 0 Å². The van der Waals surface area contributed by atoms with E-state index in [0.717, 1.165) is 12.1 Å². The largest absolute Gasteiger partial charge is 2.00 e. The van der Waals surface area contributed by atoms with E-state index >= 15 is 0 Å². The number of aromatic carboxylic acids is 1. The van der Waals surface area contributed by atoms with Crippen molar-refractivity contribution in [2.75, 3.05) is 6.61 Å². The fraction of sp³-hybridized carbons (Fsp3) is 0.231. The van der Waals surface area contributed by atoms with Crippen LogP contribution in [0.15, 0.2) is 23.7 Å². The zero-order valence-electron chi connectivity index (χ0n) is 15.3. The van der Waals surface area contributed by atoms with Crippen LogP contribution in [0.1, 0.15) is 10.4 Å². The molecule has 0 radical (unpaired) electrons. The first-order chi connectivity index (χ1) is 13.1. The average molecular weight is 489 g/mol. The van der Waals surface area contributed by atoms with Crippen molar-refractivity contribution in [3.63, 3.8) is 0 Å². The molecular formula is C13H13Mg2O15P. The van der Waals surface area contributed by atoms with Gasteiger partial charge in [-0.25, -0.2) is 9.59 Å². The number of phenolic OH excluding ortho intramolecular Hbond substituents is 2. The number of aliphatic hydroxyl groups is 4. The number of carboxylic acids is 1. The van der Waals surface area contributed by atoms with Crippen molar-refractivity contribution in [3.8, 4) is 17.2 Å². The summed E-state index contributed by atoms with van der Waals surface area (Å²) in [5.41, 5.74) is -0.329. The zero-order chi connectivity index (χ0) is 23.1. The Morgan fingerprint density at radius 3 is 1.74 bits per heavy atom. The van der Waals surface area contributed by atoms with Crippen LogP contribution < -0.4 is 19.8 Å². The molecule has 18 heteroatoms. The Labute approximate surface area is 205 Å². The number of hydrogen-bond acceptors (Lipinski definition) is 14. The van der Waals surface area contributed by atoms with Gasteiger partial charge in [0.1, 0.15) is 17.6 Å². The van der Waals surface area contributed by atoms with Crippen LogP contribution in [0.25, 0.3) is 0 Å². The molecule has 2 rings (SSSR count). The summed E-state index contributed by atoms with van der Waals surface area (Å²) in [5, 5.41) is 71.7. The van der Waals surface area contributed by atoms with E-state index in [-0.39, 0.29) is 51.7 Å². The van der Waals surface area contributed by atoms with E-state index in [9.17, 15) is 14.7 Å². The minimum absolute atomic E-state index is 0. The van der Waals surface area contributed by atoms with Crippen molar-refractivity contribution >= 4 is 65.9 Å². The number of rotatable bonds is 3. The van der Waals surface area contributed by atoms with Crippen LogP contribution in [0.3, 0.4) is 0 Å². The summed E-state index contributed by atoms with van der Waals surface area (Å²) in [6, 6.07) is 1.56. The number of hydrogen-bond donors (Lipinski definition) is 7. The first kappa shape index (κ1) is 34.1. The number of cyclic esters (lactones) is 1. The van der Waals surface area contributed by atoms with E-state index in [2.05, 4.69) is 4.74 Å². The molecule has 0 aromatic heterocycles. The molecule has 31 heavy (non-hydrogen) atoms. The third-order valence-electron chi connectivity index (χ3n) is 2.77. The summed E-state index contributed by atoms with van der Waals surface area (Å²) in [5.74, 6) is -6.61. The molecule has 0 fully saturated rings. The molecule has 0 spiro atoms. The summed E-state index contributed by atoms with van der Waals surface area (Å²) < 4.78 is 12.9. The second-order valence-corrected chi connectivity index (χ2v) is 5.80. The van der Waals surface area contributed by atoms with E-state index in [1.807, 2.05) is 0 Å². The molecule has 0 bridgehead atoms. The number of esters is 1. The number of aromatic hydroxyl groups is 2. The summed E-state index contributed by atoms with van der Waals surface area (Å²) in [4.78, 5) is 46.5. The van der Waals surface area contributed by atoms with Crippen molar-refractivity contribution in [2.24, 2.45) is 0 Å². The van der Waals surface area contributed by atoms with Gasteiger partial charge in [-0.3, -0.25) is 0 Å². The smallest absolute Gasteiger partial charge is 0.867 e. The van der Waals surface area contributed by atoms with Crippen LogP contribution in [0, 0.1) is 0 Å². The Morgan fingerprint density at radius 1 is 1.10 bits per heavy atom. The molecule has 164 valence electrons. The predicted molar refractivity (Wildman–Crippen MR) is 90.5 cm³/mol. The molecule has 1 heterocycles. The van der Waals surface area contributed by atoms with Gasteiger partial charge in [0.15, 0.2) is 11.9 Å². The number of carbonyl (C=O) groups excluding carboxylic acids is 1. The van der Waals surface area contributed by atoms with Crippen LogP contribution in [-0.2, 0) is 14.1 Å². The van der Waals surface area contributed by atoms with E-state index < -0.39 is 67.3 Å². The first-order valence-electron chi connectivity index (χ1n) is 6.91. The SMILES string of the molecule is O=C(O)c1cc(O)c([O-])c(O)c1.O=C1O[C@H]([C@@H](O)CO)C(O)=C1O.O=P([O-])([O-])[O-].[Mg+2].[Mg+2]. The number of ether oxygens (including phenoxy) is 1. The van der Waals surface area contributed by atoms with Crippen LogP contribution in [-0.4, -0.2) is 113 Å². The Kier molecular flexibility index (Phi) is 16.0. The van der Waals surface area contributed by atoms with Gasteiger partial charge in [0.2, 0.25) is 5.76 Å². The Hall–Kier alpha value is -1.54. The molecule has 1 aliphatic heterocycles. The summed E-state index contributed by atoms with van der Waals surface area (Å²) in [7, 11) is -5.39. The van der Waals surface area contributed by atoms with Crippen molar-refractivity contribution in [3.05, 3.63) is 29.2 Å². The molecule has 0 saturated heterocycles. The van der Waals surface area contributed by atoms with E-state index in [4.69, 9.17) is 55.0 Å². The summed E-state index contributed by atoms with van der Waals surface area (Å²) in [6.45, 7) is -0.671. The molecule has 1 aliphatic rings. The molecular weight excluding hydrogens is 476 g/mol. The molecule has 0 unspecified atom stereocenters. The number of phenols is 2. The van der Waals surface area contributed by atoms with Gasteiger partial charge < -0.3 is 64.8 Å². The number of carbonyl (C=O) groups is 2. The van der Waals surface area contributed by atoms with Crippen molar-refractivity contribution in [1.82, 2.24) is 0 Å². The predicted octanol–water partition coefficient (Wildman–Crippen LogP) is -5.12. The molecule has 0 saturated carbocycles. The Bertz CT molecular complexity index is 805. The third-order valence-corrected chi connectivity index (χ3v) is 2.77. The van der Waals surface area contributed by atoms with Gasteiger partial charge in [-0.2, -0.15) is 7.82 Å². The standard InChI is InChI=1S/C7H6O5.C6H8O6.2Mg.H3O4P/c8-4-1-3(7(11)12)2-5(9)6(4)10;7-1-2(8)5-3(9)4(10)6(11)12-5;;;1-5(2,3)4/h1-2,8-10H,(H,11,12);2,5,7-10H,1H2;;;(H3,1,2,3,4)/q;;2*+2;/p-4/t;2-,5+;;;/m.0.../s1. The topological polar surface area (TPSA) is 294 Å². The van der Waals surface area contributed by atoms with Gasteiger partial charge >= 0.3 is 58.0 Å². The van der Waals surface area contributed by atoms with Crippen LogP contribution >= 0.6 is 7.82 Å². The molecule has 0 amide bonds. The monoisotopic (exact) mass is 488 g/mol. The number of aliphatic hydroxyl groups excluding tert-OH is 4. The molecule has 7 N–H and O–H groups in total. The first-order valence-corrected chi connectivity index (χ1v) is 8.37. The maximum absolute atomic E-state index is 10.7. The molecule has 15 nitrogen and oxygen atoms in total. The van der Waals surface area contributed by atoms with Gasteiger partial charge in [-0.05, 0) is 17.9 Å². The minimum Gasteiger partial charge on any atom is -0.867 e. The quantitative estimate of drug-likeness (QED) is 0.119. The zero-order valence-corrected chi connectivity index (χ0v) is 19.0. The normalized spacial score (nSPS) is 15.6. The van der Waals surface area contributed by atoms with Crippen LogP contribution in [0.4, 0.5) is 0 Å². The van der Waals surface area contributed by atoms with E-state index in [1.54, 1.807) is 0 Å². The van der Waals surface area contributed by atoms with Crippen molar-refractivity contribution in [2.45, 2.75) is 12.2 Å². The van der Waals surface area contributed by atoms with Crippen molar-refractivity contribution < 1.29 is 74.4 Å². The van der Waals surface area contributed by atoms with Gasteiger partial charge in [0.25, 0.3) is 0 Å².